The average Bonchev–Trinajstić information content (AvgIpc) is 3.08. The Labute approximate surface area is 154 Å². The van der Waals surface area contributed by atoms with Gasteiger partial charge in [-0.25, -0.2) is 0 Å². The van der Waals surface area contributed by atoms with E-state index in [1.165, 1.54) is 0 Å². The summed E-state index contributed by atoms with van der Waals surface area (Å²) in [4.78, 5) is 28.8. The van der Waals surface area contributed by atoms with E-state index in [1.807, 2.05) is 61.5 Å². The second-order valence-electron chi connectivity index (χ2n) is 6.64. The Morgan fingerprint density at radius 1 is 1.15 bits per heavy atom. The molecule has 5 nitrogen and oxygen atoms in total. The average molecular weight is 352 g/mol. The van der Waals surface area contributed by atoms with Crippen LogP contribution < -0.4 is 9.64 Å². The van der Waals surface area contributed by atoms with E-state index in [2.05, 4.69) is 0 Å². The van der Waals surface area contributed by atoms with Crippen LogP contribution in [-0.2, 0) is 9.59 Å². The van der Waals surface area contributed by atoms with Gasteiger partial charge < -0.3 is 14.5 Å². The smallest absolute Gasteiger partial charge is 0.228 e. The van der Waals surface area contributed by atoms with Crippen LogP contribution in [0.3, 0.4) is 0 Å². The summed E-state index contributed by atoms with van der Waals surface area (Å²) in [5.74, 6) is 0.408. The first-order valence-electron chi connectivity index (χ1n) is 8.77. The summed E-state index contributed by atoms with van der Waals surface area (Å²) in [6.45, 7) is 2.42. The molecule has 136 valence electrons. The highest BCUT2D eigenvalue weighted by atomic mass is 16.5. The monoisotopic (exact) mass is 352 g/mol. The van der Waals surface area contributed by atoms with Gasteiger partial charge in [0.2, 0.25) is 11.8 Å². The number of rotatable bonds is 5. The van der Waals surface area contributed by atoms with Crippen LogP contribution >= 0.6 is 0 Å². The molecular weight excluding hydrogens is 328 g/mol. The Kier molecular flexibility index (Phi) is 5.26. The fourth-order valence-corrected chi connectivity index (χ4v) is 3.32. The number of ether oxygens (including phenoxy) is 1. The van der Waals surface area contributed by atoms with Crippen molar-refractivity contribution in [3.8, 4) is 5.75 Å². The molecule has 0 bridgehead atoms. The van der Waals surface area contributed by atoms with E-state index in [-0.39, 0.29) is 30.2 Å². The highest BCUT2D eigenvalue weighted by molar-refractivity contribution is 6.00. The van der Waals surface area contributed by atoms with Crippen molar-refractivity contribution < 1.29 is 14.3 Å². The highest BCUT2D eigenvalue weighted by Gasteiger charge is 2.37. The molecule has 0 N–H and O–H groups in total. The summed E-state index contributed by atoms with van der Waals surface area (Å²) in [5.41, 5.74) is 1.88. The Hall–Kier alpha value is -2.82. The minimum absolute atomic E-state index is 0.00529. The third-order valence-electron chi connectivity index (χ3n) is 5.07. The van der Waals surface area contributed by atoms with Gasteiger partial charge in [-0.2, -0.15) is 0 Å². The van der Waals surface area contributed by atoms with Crippen molar-refractivity contribution in [2.75, 3.05) is 25.6 Å². The third kappa shape index (κ3) is 3.57. The number of benzene rings is 2. The zero-order valence-electron chi connectivity index (χ0n) is 15.4. The van der Waals surface area contributed by atoms with Crippen molar-refractivity contribution in [1.82, 2.24) is 4.90 Å². The summed E-state index contributed by atoms with van der Waals surface area (Å²) in [7, 11) is 3.41. The Balaban J connectivity index is 1.70. The number of carbonyl (C=O) groups is 2. The molecule has 1 aliphatic rings. The molecule has 0 saturated carbocycles. The van der Waals surface area contributed by atoms with Crippen molar-refractivity contribution in [3.05, 3.63) is 60.2 Å². The molecule has 0 aliphatic carbocycles. The highest BCUT2D eigenvalue weighted by Crippen LogP contribution is 2.29. The van der Waals surface area contributed by atoms with Gasteiger partial charge in [0, 0.05) is 25.7 Å². The Bertz CT molecular complexity index is 774. The maximum Gasteiger partial charge on any atom is 0.228 e. The van der Waals surface area contributed by atoms with Gasteiger partial charge in [-0.15, -0.1) is 0 Å². The fraction of sp³-hybridized carbons (Fsp3) is 0.333. The summed E-state index contributed by atoms with van der Waals surface area (Å²) in [6.07, 6.45) is 0.247. The first-order valence-corrected chi connectivity index (χ1v) is 8.77. The van der Waals surface area contributed by atoms with Crippen LogP contribution in [0.5, 0.6) is 5.75 Å². The van der Waals surface area contributed by atoms with E-state index in [0.29, 0.717) is 6.54 Å². The second-order valence-corrected chi connectivity index (χ2v) is 6.64. The number of hydrogen-bond donors (Lipinski definition) is 0. The number of anilines is 1. The van der Waals surface area contributed by atoms with Crippen LogP contribution in [0.25, 0.3) is 0 Å². The van der Waals surface area contributed by atoms with E-state index < -0.39 is 0 Å². The molecule has 5 heteroatoms. The number of amides is 2. The van der Waals surface area contributed by atoms with E-state index >= 15 is 0 Å². The molecule has 1 fully saturated rings. The van der Waals surface area contributed by atoms with Crippen molar-refractivity contribution in [2.24, 2.45) is 5.92 Å². The molecule has 2 atom stereocenters. The maximum atomic E-state index is 12.9. The predicted octanol–water partition coefficient (Wildman–Crippen LogP) is 3.27. The molecule has 1 heterocycles. The SMILES string of the molecule is COc1ccc(N2CC(C(=O)N(C)C(C)c3ccccc3)CC2=O)cc1. The molecule has 2 unspecified atom stereocenters. The molecule has 0 spiro atoms. The number of hydrogen-bond acceptors (Lipinski definition) is 3. The van der Waals surface area contributed by atoms with Gasteiger partial charge >= 0.3 is 0 Å². The summed E-state index contributed by atoms with van der Waals surface area (Å²) in [6, 6.07) is 17.2. The van der Waals surface area contributed by atoms with Crippen molar-refractivity contribution >= 4 is 17.5 Å². The summed E-state index contributed by atoms with van der Waals surface area (Å²) >= 11 is 0. The van der Waals surface area contributed by atoms with E-state index in [4.69, 9.17) is 4.74 Å². The molecule has 2 aromatic carbocycles. The second kappa shape index (κ2) is 7.60. The molecule has 26 heavy (non-hydrogen) atoms. The zero-order valence-corrected chi connectivity index (χ0v) is 15.4. The van der Waals surface area contributed by atoms with Crippen LogP contribution in [0.15, 0.2) is 54.6 Å². The van der Waals surface area contributed by atoms with E-state index in [9.17, 15) is 9.59 Å². The van der Waals surface area contributed by atoms with Gasteiger partial charge in [0.1, 0.15) is 5.75 Å². The standard InChI is InChI=1S/C21H24N2O3/c1-15(16-7-5-4-6-8-16)22(2)21(25)17-13-20(24)23(14-17)18-9-11-19(26-3)12-10-18/h4-12,15,17H,13-14H2,1-3H3. The van der Waals surface area contributed by atoms with Crippen molar-refractivity contribution in [1.29, 1.82) is 0 Å². The topological polar surface area (TPSA) is 49.9 Å². The van der Waals surface area contributed by atoms with Gasteiger partial charge in [-0.3, -0.25) is 9.59 Å². The minimum atomic E-state index is -0.319. The van der Waals surface area contributed by atoms with Gasteiger partial charge in [0.25, 0.3) is 0 Å². The summed E-state index contributed by atoms with van der Waals surface area (Å²) < 4.78 is 5.15. The first-order chi connectivity index (χ1) is 12.5. The lowest BCUT2D eigenvalue weighted by atomic mass is 10.0. The van der Waals surface area contributed by atoms with Crippen LogP contribution in [0.1, 0.15) is 24.9 Å². The van der Waals surface area contributed by atoms with Crippen LogP contribution in [-0.4, -0.2) is 37.4 Å². The molecule has 3 rings (SSSR count). The summed E-state index contributed by atoms with van der Waals surface area (Å²) in [5, 5.41) is 0. The van der Waals surface area contributed by atoms with Crippen molar-refractivity contribution in [3.63, 3.8) is 0 Å². The van der Waals surface area contributed by atoms with Crippen LogP contribution in [0.4, 0.5) is 5.69 Å². The molecule has 2 amide bonds. The lowest BCUT2D eigenvalue weighted by Gasteiger charge is -2.28. The third-order valence-corrected chi connectivity index (χ3v) is 5.07. The molecule has 2 aromatic rings. The van der Waals surface area contributed by atoms with Gasteiger partial charge in [-0.1, -0.05) is 30.3 Å². The van der Waals surface area contributed by atoms with Crippen LogP contribution in [0.2, 0.25) is 0 Å². The largest absolute Gasteiger partial charge is 0.497 e. The molecule has 1 aliphatic heterocycles. The molecule has 0 aromatic heterocycles. The number of methoxy groups -OCH3 is 1. The van der Waals surface area contributed by atoms with Gasteiger partial charge in [-0.05, 0) is 36.8 Å². The Morgan fingerprint density at radius 3 is 2.42 bits per heavy atom. The maximum absolute atomic E-state index is 12.9. The van der Waals surface area contributed by atoms with Gasteiger partial charge in [0.15, 0.2) is 0 Å². The molecular formula is C21H24N2O3. The predicted molar refractivity (Wildman–Crippen MR) is 101 cm³/mol. The van der Waals surface area contributed by atoms with E-state index in [0.717, 1.165) is 17.0 Å². The minimum Gasteiger partial charge on any atom is -0.497 e. The number of nitrogens with zero attached hydrogens (tertiary/aromatic N) is 2. The number of carbonyl (C=O) groups excluding carboxylic acids is 2. The molecule has 1 saturated heterocycles. The lowest BCUT2D eigenvalue weighted by Crippen LogP contribution is -2.36. The van der Waals surface area contributed by atoms with Crippen LogP contribution in [0, 0.1) is 5.92 Å². The lowest BCUT2D eigenvalue weighted by molar-refractivity contribution is -0.136. The van der Waals surface area contributed by atoms with Gasteiger partial charge in [0.05, 0.1) is 19.1 Å². The normalized spacial score (nSPS) is 17.9. The first kappa shape index (κ1) is 18.0. The molecule has 0 radical (unpaired) electrons. The Morgan fingerprint density at radius 2 is 1.81 bits per heavy atom. The van der Waals surface area contributed by atoms with Crippen molar-refractivity contribution in [2.45, 2.75) is 19.4 Å². The quantitative estimate of drug-likeness (QED) is 0.830. The zero-order chi connectivity index (χ0) is 18.7. The van der Waals surface area contributed by atoms with E-state index in [1.54, 1.807) is 24.0 Å². The fourth-order valence-electron chi connectivity index (χ4n) is 3.32.